The van der Waals surface area contributed by atoms with Gasteiger partial charge in [-0.2, -0.15) is 0 Å². The van der Waals surface area contributed by atoms with Gasteiger partial charge in [0.05, 0.1) is 6.26 Å². The zero-order valence-electron chi connectivity index (χ0n) is 8.58. The maximum Gasteiger partial charge on any atom is 0.133 e. The van der Waals surface area contributed by atoms with Crippen molar-refractivity contribution in [2.75, 3.05) is 6.61 Å². The van der Waals surface area contributed by atoms with E-state index < -0.39 is 0 Å². The molecule has 1 saturated carbocycles. The molecule has 0 aliphatic heterocycles. The third-order valence-electron chi connectivity index (χ3n) is 2.43. The van der Waals surface area contributed by atoms with E-state index in [1.54, 1.807) is 6.26 Å². The average molecular weight is 195 g/mol. The van der Waals surface area contributed by atoms with Crippen LogP contribution in [-0.2, 0) is 17.9 Å². The van der Waals surface area contributed by atoms with Crippen molar-refractivity contribution < 1.29 is 9.15 Å². The van der Waals surface area contributed by atoms with E-state index in [0.717, 1.165) is 25.0 Å². The van der Waals surface area contributed by atoms with Crippen molar-refractivity contribution in [3.05, 3.63) is 23.7 Å². The molecular formula is C11H17NO2. The first-order valence-corrected chi connectivity index (χ1v) is 5.26. The number of rotatable bonds is 6. The molecule has 1 aromatic heterocycles. The highest BCUT2D eigenvalue weighted by molar-refractivity contribution is 5.16. The summed E-state index contributed by atoms with van der Waals surface area (Å²) in [5, 5.41) is 3.46. The quantitative estimate of drug-likeness (QED) is 0.754. The minimum absolute atomic E-state index is 0.588. The third-order valence-corrected chi connectivity index (χ3v) is 2.43. The van der Waals surface area contributed by atoms with Gasteiger partial charge in [0.2, 0.25) is 0 Å². The van der Waals surface area contributed by atoms with Gasteiger partial charge in [-0.1, -0.05) is 0 Å². The predicted octanol–water partition coefficient (Wildman–Crippen LogP) is 2.07. The van der Waals surface area contributed by atoms with Crippen molar-refractivity contribution in [3.63, 3.8) is 0 Å². The van der Waals surface area contributed by atoms with Crippen molar-refractivity contribution >= 4 is 0 Å². The molecule has 0 saturated heterocycles. The summed E-state index contributed by atoms with van der Waals surface area (Å²) in [6.07, 6.45) is 4.37. The highest BCUT2D eigenvalue weighted by atomic mass is 16.5. The molecule has 1 aliphatic rings. The molecule has 0 amide bonds. The Morgan fingerprint density at radius 1 is 1.57 bits per heavy atom. The Morgan fingerprint density at radius 2 is 2.43 bits per heavy atom. The van der Waals surface area contributed by atoms with E-state index in [9.17, 15) is 0 Å². The Kier molecular flexibility index (Phi) is 3.22. The number of ether oxygens (including phenoxy) is 1. The summed E-state index contributed by atoms with van der Waals surface area (Å²) in [5.41, 5.74) is 1.23. The number of nitrogens with one attached hydrogen (secondary N) is 1. The summed E-state index contributed by atoms with van der Waals surface area (Å²) in [6, 6.07) is 2.76. The Morgan fingerprint density at radius 3 is 3.14 bits per heavy atom. The molecule has 1 N–H and O–H groups in total. The fourth-order valence-electron chi connectivity index (χ4n) is 1.39. The molecule has 0 unspecified atom stereocenters. The second-order valence-electron chi connectivity index (χ2n) is 3.66. The molecule has 3 heteroatoms. The first kappa shape index (κ1) is 9.74. The highest BCUT2D eigenvalue weighted by Crippen LogP contribution is 2.20. The molecule has 0 aromatic carbocycles. The van der Waals surface area contributed by atoms with Crippen LogP contribution in [0.25, 0.3) is 0 Å². The maximum absolute atomic E-state index is 5.35. The molecule has 1 aromatic rings. The third kappa shape index (κ3) is 2.59. The highest BCUT2D eigenvalue weighted by Gasteiger charge is 2.20. The maximum atomic E-state index is 5.35. The molecule has 1 fully saturated rings. The Bertz CT molecular complexity index is 279. The largest absolute Gasteiger partial charge is 0.467 e. The van der Waals surface area contributed by atoms with Crippen molar-refractivity contribution in [2.24, 2.45) is 0 Å². The summed E-state index contributed by atoms with van der Waals surface area (Å²) in [6.45, 7) is 4.22. The van der Waals surface area contributed by atoms with Crippen LogP contribution in [0.15, 0.2) is 16.7 Å². The van der Waals surface area contributed by atoms with Gasteiger partial charge >= 0.3 is 0 Å². The van der Waals surface area contributed by atoms with Crippen molar-refractivity contribution in [2.45, 2.75) is 39.0 Å². The summed E-state index contributed by atoms with van der Waals surface area (Å²) in [5.74, 6) is 0.958. The van der Waals surface area contributed by atoms with Crippen LogP contribution in [0.1, 0.15) is 31.1 Å². The fraction of sp³-hybridized carbons (Fsp3) is 0.636. The van der Waals surface area contributed by atoms with E-state index in [2.05, 4.69) is 5.32 Å². The van der Waals surface area contributed by atoms with E-state index in [1.807, 2.05) is 13.0 Å². The van der Waals surface area contributed by atoms with E-state index >= 15 is 0 Å². The lowest BCUT2D eigenvalue weighted by molar-refractivity contribution is 0.117. The Hall–Kier alpha value is -0.800. The normalized spacial score (nSPS) is 16.1. The van der Waals surface area contributed by atoms with E-state index in [1.165, 1.54) is 18.4 Å². The SMILES string of the molecule is CCOCc1occc1CNC1CC1. The number of hydrogen-bond acceptors (Lipinski definition) is 3. The molecule has 1 aliphatic carbocycles. The molecule has 0 spiro atoms. The van der Waals surface area contributed by atoms with Gasteiger partial charge < -0.3 is 14.5 Å². The molecular weight excluding hydrogens is 178 g/mol. The molecule has 0 radical (unpaired) electrons. The van der Waals surface area contributed by atoms with E-state index in [4.69, 9.17) is 9.15 Å². The van der Waals surface area contributed by atoms with Gasteiger partial charge in [0.1, 0.15) is 12.4 Å². The summed E-state index contributed by atoms with van der Waals surface area (Å²) in [4.78, 5) is 0. The minimum Gasteiger partial charge on any atom is -0.467 e. The number of hydrogen-bond donors (Lipinski definition) is 1. The van der Waals surface area contributed by atoms with Crippen LogP contribution in [-0.4, -0.2) is 12.6 Å². The molecule has 1 heterocycles. The molecule has 14 heavy (non-hydrogen) atoms. The van der Waals surface area contributed by atoms with Gasteiger partial charge in [-0.05, 0) is 25.8 Å². The predicted molar refractivity (Wildman–Crippen MR) is 53.9 cm³/mol. The van der Waals surface area contributed by atoms with Crippen molar-refractivity contribution in [1.82, 2.24) is 5.32 Å². The van der Waals surface area contributed by atoms with Crippen LogP contribution in [0.5, 0.6) is 0 Å². The molecule has 78 valence electrons. The lowest BCUT2D eigenvalue weighted by Crippen LogP contribution is -2.15. The van der Waals surface area contributed by atoms with Crippen molar-refractivity contribution in [3.8, 4) is 0 Å². The van der Waals surface area contributed by atoms with Crippen LogP contribution in [0.2, 0.25) is 0 Å². The minimum atomic E-state index is 0.588. The number of furan rings is 1. The van der Waals surface area contributed by atoms with Crippen LogP contribution in [0, 0.1) is 0 Å². The zero-order valence-corrected chi connectivity index (χ0v) is 8.58. The first-order valence-electron chi connectivity index (χ1n) is 5.26. The molecule has 3 nitrogen and oxygen atoms in total. The molecule has 2 rings (SSSR count). The topological polar surface area (TPSA) is 34.4 Å². The van der Waals surface area contributed by atoms with Gasteiger partial charge in [-0.3, -0.25) is 0 Å². The van der Waals surface area contributed by atoms with Crippen LogP contribution in [0.4, 0.5) is 0 Å². The van der Waals surface area contributed by atoms with Gasteiger partial charge in [-0.25, -0.2) is 0 Å². The average Bonchev–Trinajstić information content (AvgIpc) is 2.92. The summed E-state index contributed by atoms with van der Waals surface area (Å²) in [7, 11) is 0. The molecule has 0 bridgehead atoms. The second-order valence-corrected chi connectivity index (χ2v) is 3.66. The smallest absolute Gasteiger partial charge is 0.133 e. The first-order chi connectivity index (χ1) is 6.90. The Balaban J connectivity index is 1.83. The second kappa shape index (κ2) is 4.62. The van der Waals surface area contributed by atoms with Crippen LogP contribution < -0.4 is 5.32 Å². The summed E-state index contributed by atoms with van der Waals surface area (Å²) >= 11 is 0. The van der Waals surface area contributed by atoms with E-state index in [-0.39, 0.29) is 0 Å². The lowest BCUT2D eigenvalue weighted by atomic mass is 10.2. The molecule has 0 atom stereocenters. The monoisotopic (exact) mass is 195 g/mol. The lowest BCUT2D eigenvalue weighted by Gasteiger charge is -2.03. The zero-order chi connectivity index (χ0) is 9.80. The van der Waals surface area contributed by atoms with Gasteiger partial charge in [-0.15, -0.1) is 0 Å². The van der Waals surface area contributed by atoms with Crippen LogP contribution >= 0.6 is 0 Å². The van der Waals surface area contributed by atoms with Crippen molar-refractivity contribution in [1.29, 1.82) is 0 Å². The van der Waals surface area contributed by atoms with Gasteiger partial charge in [0.15, 0.2) is 0 Å². The van der Waals surface area contributed by atoms with Crippen LogP contribution in [0.3, 0.4) is 0 Å². The standard InChI is InChI=1S/C11H17NO2/c1-2-13-8-11-9(5-6-14-11)7-12-10-3-4-10/h5-6,10,12H,2-4,7-8H2,1H3. The Labute approximate surface area is 84.4 Å². The van der Waals surface area contributed by atoms with Gasteiger partial charge in [0, 0.05) is 24.8 Å². The summed E-state index contributed by atoms with van der Waals surface area (Å²) < 4.78 is 10.7. The fourth-order valence-corrected chi connectivity index (χ4v) is 1.39. The van der Waals surface area contributed by atoms with E-state index in [0.29, 0.717) is 6.61 Å². The van der Waals surface area contributed by atoms with Gasteiger partial charge in [0.25, 0.3) is 0 Å².